The van der Waals surface area contributed by atoms with Crippen LogP contribution in [0, 0.1) is 6.92 Å². The molecule has 3 aromatic rings. The minimum Gasteiger partial charge on any atom is -0.368 e. The first-order valence-electron chi connectivity index (χ1n) is 9.48. The molecule has 2 aromatic heterocycles. The number of rotatable bonds is 7. The van der Waals surface area contributed by atoms with E-state index in [-0.39, 0.29) is 6.54 Å². The monoisotopic (exact) mass is 404 g/mol. The average molecular weight is 404 g/mol. The molecule has 0 saturated carbocycles. The van der Waals surface area contributed by atoms with Crippen LogP contribution in [-0.2, 0) is 4.79 Å². The number of hydrogen-bond donors (Lipinski definition) is 2. The molecule has 30 heavy (non-hydrogen) atoms. The first-order valence-corrected chi connectivity index (χ1v) is 9.48. The van der Waals surface area contributed by atoms with E-state index in [0.29, 0.717) is 35.9 Å². The molecule has 152 valence electrons. The summed E-state index contributed by atoms with van der Waals surface area (Å²) in [5.41, 5.74) is 0.657. The van der Waals surface area contributed by atoms with Crippen LogP contribution in [0.4, 0.5) is 5.82 Å². The number of carbonyl (C=O) groups is 3. The number of nitrogens with one attached hydrogen (secondary N) is 2. The lowest BCUT2D eigenvalue weighted by atomic mass is 10.1. The highest BCUT2D eigenvalue weighted by Crippen LogP contribution is 2.21. The third kappa shape index (κ3) is 3.90. The highest BCUT2D eigenvalue weighted by atomic mass is 16.2. The van der Waals surface area contributed by atoms with Gasteiger partial charge in [-0.3, -0.25) is 19.3 Å². The van der Waals surface area contributed by atoms with E-state index in [1.165, 1.54) is 0 Å². The van der Waals surface area contributed by atoms with Gasteiger partial charge in [-0.1, -0.05) is 12.1 Å². The number of carbonyl (C=O) groups excluding carboxylic acids is 3. The Labute approximate surface area is 172 Å². The Balaban J connectivity index is 1.28. The van der Waals surface area contributed by atoms with Gasteiger partial charge in [-0.15, -0.1) is 0 Å². The van der Waals surface area contributed by atoms with Gasteiger partial charge in [0, 0.05) is 31.5 Å². The smallest absolute Gasteiger partial charge is 0.262 e. The Morgan fingerprint density at radius 2 is 1.63 bits per heavy atom. The normalized spacial score (nSPS) is 12.8. The maximum Gasteiger partial charge on any atom is 0.262 e. The summed E-state index contributed by atoms with van der Waals surface area (Å²) in [6.45, 7) is 2.23. The number of nitrogens with zero attached hydrogens (tertiary/aromatic N) is 4. The summed E-state index contributed by atoms with van der Waals surface area (Å²) in [6, 6.07) is 12.2. The second-order valence-corrected chi connectivity index (χ2v) is 6.77. The molecule has 0 aliphatic carbocycles. The summed E-state index contributed by atoms with van der Waals surface area (Å²) < 4.78 is 1.88. The van der Waals surface area contributed by atoms with Crippen molar-refractivity contribution in [2.45, 2.75) is 6.92 Å². The summed E-state index contributed by atoms with van der Waals surface area (Å²) in [5.74, 6) is 0.706. The molecule has 1 aliphatic heterocycles. The molecule has 0 radical (unpaired) electrons. The van der Waals surface area contributed by atoms with Gasteiger partial charge in [0.1, 0.15) is 24.0 Å². The maximum atomic E-state index is 12.3. The SMILES string of the molecule is Cc1nc(NCCNC(=O)CN2C(=O)c3ccccc3C2=O)cc(-n2cccc2)n1. The van der Waals surface area contributed by atoms with Gasteiger partial charge in [-0.25, -0.2) is 9.97 Å². The number of hydrogen-bond acceptors (Lipinski definition) is 6. The van der Waals surface area contributed by atoms with Crippen molar-refractivity contribution in [1.29, 1.82) is 0 Å². The van der Waals surface area contributed by atoms with Crippen molar-refractivity contribution in [2.75, 3.05) is 25.0 Å². The molecular formula is C21H20N6O3. The quantitative estimate of drug-likeness (QED) is 0.455. The van der Waals surface area contributed by atoms with E-state index in [4.69, 9.17) is 0 Å². The molecule has 9 nitrogen and oxygen atoms in total. The maximum absolute atomic E-state index is 12.3. The van der Waals surface area contributed by atoms with Crippen molar-refractivity contribution < 1.29 is 14.4 Å². The molecule has 0 fully saturated rings. The average Bonchev–Trinajstić information content (AvgIpc) is 3.35. The van der Waals surface area contributed by atoms with Gasteiger partial charge in [0.15, 0.2) is 0 Å². The zero-order chi connectivity index (χ0) is 21.1. The third-order valence-corrected chi connectivity index (χ3v) is 4.63. The van der Waals surface area contributed by atoms with E-state index >= 15 is 0 Å². The summed E-state index contributed by atoms with van der Waals surface area (Å²) in [4.78, 5) is 46.5. The lowest BCUT2D eigenvalue weighted by Crippen LogP contribution is -2.41. The van der Waals surface area contributed by atoms with Crippen LogP contribution in [0.15, 0.2) is 54.9 Å². The number of imide groups is 1. The van der Waals surface area contributed by atoms with E-state index < -0.39 is 17.7 Å². The lowest BCUT2D eigenvalue weighted by Gasteiger charge is -2.14. The molecular weight excluding hydrogens is 384 g/mol. The fraction of sp³-hybridized carbons (Fsp3) is 0.190. The second kappa shape index (κ2) is 8.16. The van der Waals surface area contributed by atoms with Crippen molar-refractivity contribution in [3.05, 3.63) is 71.8 Å². The topological polar surface area (TPSA) is 109 Å². The number of aryl methyl sites for hydroxylation is 1. The van der Waals surface area contributed by atoms with Gasteiger partial charge in [-0.05, 0) is 31.2 Å². The fourth-order valence-electron chi connectivity index (χ4n) is 3.24. The van der Waals surface area contributed by atoms with Gasteiger partial charge in [-0.2, -0.15) is 0 Å². The largest absolute Gasteiger partial charge is 0.368 e. The third-order valence-electron chi connectivity index (χ3n) is 4.63. The van der Waals surface area contributed by atoms with Crippen LogP contribution in [0.25, 0.3) is 5.82 Å². The predicted octanol–water partition coefficient (Wildman–Crippen LogP) is 1.40. The van der Waals surface area contributed by atoms with E-state index in [1.807, 2.05) is 42.1 Å². The van der Waals surface area contributed by atoms with Crippen molar-refractivity contribution in [3.8, 4) is 5.82 Å². The van der Waals surface area contributed by atoms with Crippen molar-refractivity contribution >= 4 is 23.5 Å². The molecule has 2 N–H and O–H groups in total. The Morgan fingerprint density at radius 3 is 2.30 bits per heavy atom. The summed E-state index contributed by atoms with van der Waals surface area (Å²) in [5, 5.41) is 5.85. The van der Waals surface area contributed by atoms with Gasteiger partial charge >= 0.3 is 0 Å². The number of amides is 3. The van der Waals surface area contributed by atoms with Gasteiger partial charge in [0.2, 0.25) is 5.91 Å². The minimum absolute atomic E-state index is 0.309. The predicted molar refractivity (Wildman–Crippen MR) is 109 cm³/mol. The van der Waals surface area contributed by atoms with Gasteiger partial charge < -0.3 is 15.2 Å². The number of anilines is 1. The Morgan fingerprint density at radius 1 is 0.967 bits per heavy atom. The molecule has 0 atom stereocenters. The highest BCUT2D eigenvalue weighted by molar-refractivity contribution is 6.22. The molecule has 0 unspecified atom stereocenters. The minimum atomic E-state index is -0.446. The number of fused-ring (bicyclic) bond motifs is 1. The molecule has 0 bridgehead atoms. The molecule has 9 heteroatoms. The van der Waals surface area contributed by atoms with E-state index in [0.717, 1.165) is 10.7 Å². The summed E-state index contributed by atoms with van der Waals surface area (Å²) in [6.07, 6.45) is 3.79. The Kier molecular flexibility index (Phi) is 5.25. The van der Waals surface area contributed by atoms with Crippen LogP contribution in [-0.4, -0.2) is 56.8 Å². The van der Waals surface area contributed by atoms with Crippen molar-refractivity contribution in [1.82, 2.24) is 24.8 Å². The lowest BCUT2D eigenvalue weighted by molar-refractivity contribution is -0.121. The first-order chi connectivity index (χ1) is 14.5. The molecule has 0 saturated heterocycles. The van der Waals surface area contributed by atoms with Gasteiger partial charge in [0.05, 0.1) is 11.1 Å². The molecule has 3 heterocycles. The Bertz CT molecular complexity index is 1070. The van der Waals surface area contributed by atoms with Crippen molar-refractivity contribution in [3.63, 3.8) is 0 Å². The molecule has 4 rings (SSSR count). The summed E-state index contributed by atoms with van der Waals surface area (Å²) in [7, 11) is 0. The van der Waals surface area contributed by atoms with E-state index in [2.05, 4.69) is 20.6 Å². The van der Waals surface area contributed by atoms with E-state index in [1.54, 1.807) is 24.3 Å². The molecule has 1 aliphatic rings. The van der Waals surface area contributed by atoms with Crippen LogP contribution < -0.4 is 10.6 Å². The zero-order valence-corrected chi connectivity index (χ0v) is 16.3. The summed E-state index contributed by atoms with van der Waals surface area (Å²) >= 11 is 0. The second-order valence-electron chi connectivity index (χ2n) is 6.77. The van der Waals surface area contributed by atoms with Crippen LogP contribution >= 0.6 is 0 Å². The highest BCUT2D eigenvalue weighted by Gasteiger charge is 2.36. The number of aromatic nitrogens is 3. The molecule has 1 aromatic carbocycles. The van der Waals surface area contributed by atoms with Gasteiger partial charge in [0.25, 0.3) is 11.8 Å². The first kappa shape index (κ1) is 19.3. The van der Waals surface area contributed by atoms with Crippen LogP contribution in [0.3, 0.4) is 0 Å². The molecule has 3 amide bonds. The van der Waals surface area contributed by atoms with Crippen LogP contribution in [0.5, 0.6) is 0 Å². The van der Waals surface area contributed by atoms with E-state index in [9.17, 15) is 14.4 Å². The standard InChI is InChI=1S/C21H20N6O3/c1-14-24-17(12-18(25-14)26-10-4-5-11-26)22-8-9-23-19(28)13-27-20(29)15-6-2-3-7-16(15)21(27)30/h2-7,10-12H,8-9,13H2,1H3,(H,23,28)(H,22,24,25). The molecule has 0 spiro atoms. The van der Waals surface area contributed by atoms with Crippen molar-refractivity contribution in [2.24, 2.45) is 0 Å². The Hall–Kier alpha value is -4.01. The zero-order valence-electron chi connectivity index (χ0n) is 16.3. The van der Waals surface area contributed by atoms with Crippen LogP contribution in [0.1, 0.15) is 26.5 Å². The van der Waals surface area contributed by atoms with Crippen LogP contribution in [0.2, 0.25) is 0 Å². The fourth-order valence-corrected chi connectivity index (χ4v) is 3.24. The number of benzene rings is 1.